The van der Waals surface area contributed by atoms with Gasteiger partial charge in [-0.2, -0.15) is 0 Å². The molecule has 0 bridgehead atoms. The number of likely N-dealkylation sites (N-methyl/N-ethyl adjacent to an activating group) is 1. The quantitative estimate of drug-likeness (QED) is 0.363. The zero-order chi connectivity index (χ0) is 26.4. The zero-order valence-corrected chi connectivity index (χ0v) is 21.4. The first-order valence-electron chi connectivity index (χ1n) is 11.2. The number of rotatable bonds is 10. The van der Waals surface area contributed by atoms with Crippen LogP contribution in [-0.2, 0) is 14.3 Å². The van der Waals surface area contributed by atoms with Crippen LogP contribution in [0.1, 0.15) is 25.0 Å². The SMILES string of the molecule is CCOc1cc(/C=C2\N=C(c3cc(OC)c(OC)c(OC)c3)OC2=O)ccc1OC(C)C(=O)N(C)C. The minimum Gasteiger partial charge on any atom is -0.493 e. The summed E-state index contributed by atoms with van der Waals surface area (Å²) in [5.41, 5.74) is 1.23. The second-order valence-corrected chi connectivity index (χ2v) is 7.88. The summed E-state index contributed by atoms with van der Waals surface area (Å²) >= 11 is 0. The molecule has 1 heterocycles. The van der Waals surface area contributed by atoms with Crippen molar-refractivity contribution in [2.24, 2.45) is 4.99 Å². The van der Waals surface area contributed by atoms with E-state index in [0.29, 0.717) is 46.5 Å². The summed E-state index contributed by atoms with van der Waals surface area (Å²) in [6.45, 7) is 3.89. The summed E-state index contributed by atoms with van der Waals surface area (Å²) in [5.74, 6) is 1.39. The Morgan fingerprint density at radius 1 is 1.03 bits per heavy atom. The van der Waals surface area contributed by atoms with Gasteiger partial charge in [-0.1, -0.05) is 6.07 Å². The maximum atomic E-state index is 12.6. The Morgan fingerprint density at radius 3 is 2.25 bits per heavy atom. The summed E-state index contributed by atoms with van der Waals surface area (Å²) in [6, 6.07) is 8.41. The number of esters is 1. The summed E-state index contributed by atoms with van der Waals surface area (Å²) in [6.07, 6.45) is 0.882. The highest BCUT2D eigenvalue weighted by molar-refractivity contribution is 6.13. The second-order valence-electron chi connectivity index (χ2n) is 7.88. The number of aliphatic imine (C=N–C) groups is 1. The summed E-state index contributed by atoms with van der Waals surface area (Å²) in [5, 5.41) is 0. The van der Waals surface area contributed by atoms with Crippen molar-refractivity contribution in [3.05, 3.63) is 47.2 Å². The van der Waals surface area contributed by atoms with E-state index < -0.39 is 12.1 Å². The van der Waals surface area contributed by atoms with Crippen LogP contribution in [0.2, 0.25) is 0 Å². The van der Waals surface area contributed by atoms with Crippen LogP contribution in [0.5, 0.6) is 28.7 Å². The Labute approximate surface area is 210 Å². The molecule has 36 heavy (non-hydrogen) atoms. The van der Waals surface area contributed by atoms with Gasteiger partial charge >= 0.3 is 5.97 Å². The van der Waals surface area contributed by atoms with Crippen molar-refractivity contribution in [1.82, 2.24) is 4.90 Å². The normalized spacial score (nSPS) is 14.6. The highest BCUT2D eigenvalue weighted by Gasteiger charge is 2.27. The number of hydrogen-bond donors (Lipinski definition) is 0. The van der Waals surface area contributed by atoms with E-state index in [2.05, 4.69) is 4.99 Å². The van der Waals surface area contributed by atoms with Gasteiger partial charge in [-0.05, 0) is 49.8 Å². The van der Waals surface area contributed by atoms with Crippen molar-refractivity contribution in [2.45, 2.75) is 20.0 Å². The van der Waals surface area contributed by atoms with Crippen LogP contribution in [0.15, 0.2) is 41.0 Å². The first kappa shape index (κ1) is 26.4. The molecule has 1 aliphatic heterocycles. The molecular formula is C26H30N2O8. The van der Waals surface area contributed by atoms with Crippen molar-refractivity contribution in [3.63, 3.8) is 0 Å². The molecule has 0 fully saturated rings. The molecule has 3 rings (SSSR count). The van der Waals surface area contributed by atoms with Crippen LogP contribution in [0, 0.1) is 0 Å². The van der Waals surface area contributed by atoms with Gasteiger partial charge in [0.1, 0.15) is 0 Å². The van der Waals surface area contributed by atoms with E-state index in [0.717, 1.165) is 0 Å². The van der Waals surface area contributed by atoms with Crippen molar-refractivity contribution >= 4 is 23.9 Å². The lowest BCUT2D eigenvalue weighted by molar-refractivity contribution is -0.135. The number of nitrogens with zero attached hydrogens (tertiary/aromatic N) is 2. The fourth-order valence-electron chi connectivity index (χ4n) is 3.48. The number of cyclic esters (lactones) is 1. The first-order valence-corrected chi connectivity index (χ1v) is 11.2. The van der Waals surface area contributed by atoms with E-state index in [1.807, 2.05) is 6.92 Å². The van der Waals surface area contributed by atoms with Crippen LogP contribution in [-0.4, -0.2) is 70.8 Å². The van der Waals surface area contributed by atoms with E-state index in [9.17, 15) is 9.59 Å². The molecule has 10 nitrogen and oxygen atoms in total. The van der Waals surface area contributed by atoms with Gasteiger partial charge in [0.25, 0.3) is 5.91 Å². The summed E-state index contributed by atoms with van der Waals surface area (Å²) < 4.78 is 33.0. The van der Waals surface area contributed by atoms with Crippen molar-refractivity contribution in [1.29, 1.82) is 0 Å². The number of carbonyl (C=O) groups excluding carboxylic acids is 2. The van der Waals surface area contributed by atoms with Gasteiger partial charge in [0.05, 0.1) is 27.9 Å². The second kappa shape index (κ2) is 11.5. The van der Waals surface area contributed by atoms with E-state index in [4.69, 9.17) is 28.4 Å². The lowest BCUT2D eigenvalue weighted by Gasteiger charge is -2.20. The molecule has 0 spiro atoms. The standard InChI is InChI=1S/C26H30N2O8/c1-8-34-20-12-16(9-10-19(20)35-15(2)25(29)28(3)4)11-18-26(30)36-24(27-18)17-13-21(31-5)23(33-7)22(14-17)32-6/h9-15H,8H2,1-7H3/b18-11-. The minimum absolute atomic E-state index is 0.103. The third-order valence-corrected chi connectivity index (χ3v) is 5.20. The number of amides is 1. The predicted octanol–water partition coefficient (Wildman–Crippen LogP) is 3.31. The van der Waals surface area contributed by atoms with E-state index in [1.54, 1.807) is 57.4 Å². The first-order chi connectivity index (χ1) is 17.2. The van der Waals surface area contributed by atoms with Crippen LogP contribution < -0.4 is 23.7 Å². The van der Waals surface area contributed by atoms with Gasteiger partial charge in [-0.3, -0.25) is 4.79 Å². The molecule has 10 heteroatoms. The monoisotopic (exact) mass is 498 g/mol. The Balaban J connectivity index is 1.93. The molecule has 2 aromatic rings. The average Bonchev–Trinajstić information content (AvgIpc) is 3.23. The molecule has 0 aliphatic carbocycles. The van der Waals surface area contributed by atoms with Crippen molar-refractivity contribution < 1.29 is 38.0 Å². The fourth-order valence-corrected chi connectivity index (χ4v) is 3.48. The molecule has 1 unspecified atom stereocenters. The van der Waals surface area contributed by atoms with E-state index in [1.165, 1.54) is 26.2 Å². The van der Waals surface area contributed by atoms with Gasteiger partial charge < -0.3 is 33.3 Å². The average molecular weight is 499 g/mol. The maximum absolute atomic E-state index is 12.6. The summed E-state index contributed by atoms with van der Waals surface area (Å²) in [4.78, 5) is 30.6. The van der Waals surface area contributed by atoms with Crippen LogP contribution in [0.3, 0.4) is 0 Å². The molecule has 1 aliphatic rings. The van der Waals surface area contributed by atoms with Gasteiger partial charge in [-0.25, -0.2) is 9.79 Å². The molecule has 0 saturated heterocycles. The zero-order valence-electron chi connectivity index (χ0n) is 21.4. The maximum Gasteiger partial charge on any atom is 0.363 e. The van der Waals surface area contributed by atoms with E-state index >= 15 is 0 Å². The predicted molar refractivity (Wildman–Crippen MR) is 133 cm³/mol. The van der Waals surface area contributed by atoms with E-state index in [-0.39, 0.29) is 17.5 Å². The molecule has 0 N–H and O–H groups in total. The Bertz CT molecular complexity index is 1180. The van der Waals surface area contributed by atoms with Crippen molar-refractivity contribution in [3.8, 4) is 28.7 Å². The number of hydrogen-bond acceptors (Lipinski definition) is 9. The molecule has 0 saturated carbocycles. The fraction of sp³-hybridized carbons (Fsp3) is 0.346. The number of benzene rings is 2. The molecule has 1 atom stereocenters. The molecular weight excluding hydrogens is 468 g/mol. The van der Waals surface area contributed by atoms with Gasteiger partial charge in [0.15, 0.2) is 34.8 Å². The van der Waals surface area contributed by atoms with Crippen LogP contribution in [0.4, 0.5) is 0 Å². The third-order valence-electron chi connectivity index (χ3n) is 5.20. The summed E-state index contributed by atoms with van der Waals surface area (Å²) in [7, 11) is 7.81. The van der Waals surface area contributed by atoms with Gasteiger partial charge in [0.2, 0.25) is 11.6 Å². The highest BCUT2D eigenvalue weighted by Crippen LogP contribution is 2.39. The lowest BCUT2D eigenvalue weighted by atomic mass is 10.1. The smallest absolute Gasteiger partial charge is 0.363 e. The Morgan fingerprint density at radius 2 is 1.69 bits per heavy atom. The molecule has 192 valence electrons. The van der Waals surface area contributed by atoms with Crippen molar-refractivity contribution in [2.75, 3.05) is 42.0 Å². The highest BCUT2D eigenvalue weighted by atomic mass is 16.6. The molecule has 2 aromatic carbocycles. The van der Waals surface area contributed by atoms with Crippen LogP contribution >= 0.6 is 0 Å². The minimum atomic E-state index is -0.696. The van der Waals surface area contributed by atoms with Gasteiger partial charge in [0, 0.05) is 19.7 Å². The Hall–Kier alpha value is -4.21. The van der Waals surface area contributed by atoms with Crippen LogP contribution in [0.25, 0.3) is 6.08 Å². The molecule has 0 aromatic heterocycles. The lowest BCUT2D eigenvalue weighted by Crippen LogP contribution is -2.35. The Kier molecular flexibility index (Phi) is 8.42. The number of carbonyl (C=O) groups is 2. The number of methoxy groups -OCH3 is 3. The topological polar surface area (TPSA) is 105 Å². The largest absolute Gasteiger partial charge is 0.493 e. The molecule has 1 amide bonds. The third kappa shape index (κ3) is 5.70. The van der Waals surface area contributed by atoms with Gasteiger partial charge in [-0.15, -0.1) is 0 Å². The molecule has 0 radical (unpaired) electrons. The number of ether oxygens (including phenoxy) is 6.